The molecule has 0 aliphatic heterocycles. The molecule has 1 atom stereocenters. The molecule has 0 heterocycles. The number of hydrogen-bond donors (Lipinski definition) is 1. The molecule has 0 saturated heterocycles. The fourth-order valence-electron chi connectivity index (χ4n) is 2.39. The summed E-state index contributed by atoms with van der Waals surface area (Å²) < 4.78 is 26.4. The molecule has 2 aromatic carbocycles. The highest BCUT2D eigenvalue weighted by Crippen LogP contribution is 2.23. The van der Waals surface area contributed by atoms with Crippen molar-refractivity contribution in [2.45, 2.75) is 25.9 Å². The highest BCUT2D eigenvalue weighted by molar-refractivity contribution is 5.54. The number of rotatable bonds is 5. The molecular formula is C17H20F2N2. The van der Waals surface area contributed by atoms with Crippen molar-refractivity contribution in [3.05, 3.63) is 65.2 Å². The Morgan fingerprint density at radius 1 is 1.05 bits per heavy atom. The van der Waals surface area contributed by atoms with Gasteiger partial charge in [0.2, 0.25) is 0 Å². The summed E-state index contributed by atoms with van der Waals surface area (Å²) in [5.41, 5.74) is 8.65. The normalized spacial score (nSPS) is 12.2. The van der Waals surface area contributed by atoms with Crippen molar-refractivity contribution in [2.24, 2.45) is 5.73 Å². The maximum atomic E-state index is 13.4. The molecule has 0 bridgehead atoms. The van der Waals surface area contributed by atoms with Gasteiger partial charge in [0.1, 0.15) is 11.6 Å². The van der Waals surface area contributed by atoms with Gasteiger partial charge in [-0.2, -0.15) is 0 Å². The number of nitrogens with zero attached hydrogens (tertiary/aromatic N) is 1. The van der Waals surface area contributed by atoms with Crippen LogP contribution in [-0.2, 0) is 13.0 Å². The van der Waals surface area contributed by atoms with Gasteiger partial charge in [-0.3, -0.25) is 0 Å². The second-order valence-electron chi connectivity index (χ2n) is 5.44. The molecule has 4 heteroatoms. The minimum atomic E-state index is -0.260. The van der Waals surface area contributed by atoms with Crippen LogP contribution in [0.2, 0.25) is 0 Å². The zero-order chi connectivity index (χ0) is 15.4. The molecule has 0 aliphatic rings. The Morgan fingerprint density at radius 2 is 1.67 bits per heavy atom. The maximum absolute atomic E-state index is 13.4. The van der Waals surface area contributed by atoms with Crippen molar-refractivity contribution in [2.75, 3.05) is 11.9 Å². The van der Waals surface area contributed by atoms with Gasteiger partial charge in [-0.1, -0.05) is 12.1 Å². The topological polar surface area (TPSA) is 29.3 Å². The molecule has 112 valence electrons. The van der Waals surface area contributed by atoms with Gasteiger partial charge in [0.25, 0.3) is 0 Å². The predicted molar refractivity (Wildman–Crippen MR) is 82.3 cm³/mol. The van der Waals surface area contributed by atoms with Crippen LogP contribution in [0.5, 0.6) is 0 Å². The summed E-state index contributed by atoms with van der Waals surface area (Å²) in [7, 11) is 1.93. The smallest absolute Gasteiger partial charge is 0.123 e. The summed E-state index contributed by atoms with van der Waals surface area (Å²) in [6.07, 6.45) is 0.612. The maximum Gasteiger partial charge on any atom is 0.123 e. The number of halogens is 2. The molecule has 0 spiro atoms. The Morgan fingerprint density at radius 3 is 2.29 bits per heavy atom. The van der Waals surface area contributed by atoms with Gasteiger partial charge in [0.05, 0.1) is 0 Å². The molecule has 2 rings (SSSR count). The van der Waals surface area contributed by atoms with Crippen molar-refractivity contribution in [1.82, 2.24) is 0 Å². The van der Waals surface area contributed by atoms with E-state index in [1.54, 1.807) is 18.2 Å². The van der Waals surface area contributed by atoms with Crippen LogP contribution in [-0.4, -0.2) is 13.1 Å². The first kappa shape index (κ1) is 15.4. The highest BCUT2D eigenvalue weighted by Gasteiger charge is 2.11. The predicted octanol–water partition coefficient (Wildman–Crippen LogP) is 3.49. The third kappa shape index (κ3) is 4.26. The SMILES string of the molecule is CC(N)Cc1cc(F)ccc1N(C)Cc1ccc(F)cc1. The first-order valence-electron chi connectivity index (χ1n) is 6.95. The van der Waals surface area contributed by atoms with Gasteiger partial charge >= 0.3 is 0 Å². The third-order valence-corrected chi connectivity index (χ3v) is 3.33. The molecule has 0 radical (unpaired) electrons. The van der Waals surface area contributed by atoms with Gasteiger partial charge in [-0.05, 0) is 54.8 Å². The van der Waals surface area contributed by atoms with E-state index in [-0.39, 0.29) is 17.7 Å². The zero-order valence-electron chi connectivity index (χ0n) is 12.3. The van der Waals surface area contributed by atoms with E-state index in [2.05, 4.69) is 0 Å². The monoisotopic (exact) mass is 290 g/mol. The summed E-state index contributed by atoms with van der Waals surface area (Å²) in [4.78, 5) is 2.02. The first-order chi connectivity index (χ1) is 9.95. The Bertz CT molecular complexity index is 594. The quantitative estimate of drug-likeness (QED) is 0.913. The molecule has 0 aliphatic carbocycles. The van der Waals surface area contributed by atoms with E-state index in [0.717, 1.165) is 16.8 Å². The summed E-state index contributed by atoms with van der Waals surface area (Å²) in [5, 5.41) is 0. The van der Waals surface area contributed by atoms with E-state index in [4.69, 9.17) is 5.73 Å². The van der Waals surface area contributed by atoms with Crippen LogP contribution in [0, 0.1) is 11.6 Å². The van der Waals surface area contributed by atoms with E-state index in [9.17, 15) is 8.78 Å². The average molecular weight is 290 g/mol. The lowest BCUT2D eigenvalue weighted by Crippen LogP contribution is -2.22. The third-order valence-electron chi connectivity index (χ3n) is 3.33. The lowest BCUT2D eigenvalue weighted by atomic mass is 10.0. The molecule has 2 aromatic rings. The minimum absolute atomic E-state index is 0.0372. The van der Waals surface area contributed by atoms with Gasteiger partial charge in [0, 0.05) is 25.3 Å². The van der Waals surface area contributed by atoms with Crippen LogP contribution in [0.15, 0.2) is 42.5 Å². The average Bonchev–Trinajstić information content (AvgIpc) is 2.40. The van der Waals surface area contributed by atoms with Crippen molar-refractivity contribution in [3.8, 4) is 0 Å². The summed E-state index contributed by atoms with van der Waals surface area (Å²) in [5.74, 6) is -0.509. The summed E-state index contributed by atoms with van der Waals surface area (Å²) >= 11 is 0. The first-order valence-corrected chi connectivity index (χ1v) is 6.95. The number of anilines is 1. The number of benzene rings is 2. The summed E-state index contributed by atoms with van der Waals surface area (Å²) in [6.45, 7) is 2.52. The molecule has 1 unspecified atom stereocenters. The second-order valence-corrected chi connectivity index (χ2v) is 5.44. The second kappa shape index (κ2) is 6.68. The standard InChI is InChI=1S/C17H20F2N2/c1-12(20)9-14-10-16(19)7-8-17(14)21(2)11-13-3-5-15(18)6-4-13/h3-8,10,12H,9,11,20H2,1-2H3. The van der Waals surface area contributed by atoms with Crippen LogP contribution >= 0.6 is 0 Å². The molecule has 2 nitrogen and oxygen atoms in total. The van der Waals surface area contributed by atoms with Gasteiger partial charge in [0.15, 0.2) is 0 Å². The van der Waals surface area contributed by atoms with Crippen LogP contribution in [0.4, 0.5) is 14.5 Å². The lowest BCUT2D eigenvalue weighted by molar-refractivity contribution is 0.622. The Balaban J connectivity index is 2.21. The molecule has 0 amide bonds. The van der Waals surface area contributed by atoms with Crippen molar-refractivity contribution < 1.29 is 8.78 Å². The molecule has 21 heavy (non-hydrogen) atoms. The van der Waals surface area contributed by atoms with Crippen LogP contribution in [0.3, 0.4) is 0 Å². The van der Waals surface area contributed by atoms with Crippen LogP contribution in [0.1, 0.15) is 18.1 Å². The molecule has 0 fully saturated rings. The van der Waals surface area contributed by atoms with E-state index < -0.39 is 0 Å². The molecular weight excluding hydrogens is 270 g/mol. The Labute approximate surface area is 124 Å². The van der Waals surface area contributed by atoms with E-state index in [1.807, 2.05) is 18.9 Å². The van der Waals surface area contributed by atoms with E-state index >= 15 is 0 Å². The minimum Gasteiger partial charge on any atom is -0.370 e. The van der Waals surface area contributed by atoms with Crippen molar-refractivity contribution >= 4 is 5.69 Å². The number of hydrogen-bond acceptors (Lipinski definition) is 2. The Hall–Kier alpha value is -1.94. The lowest BCUT2D eigenvalue weighted by Gasteiger charge is -2.23. The molecule has 0 aromatic heterocycles. The fourth-order valence-corrected chi connectivity index (χ4v) is 2.39. The van der Waals surface area contributed by atoms with Gasteiger partial charge in [-0.25, -0.2) is 8.78 Å². The number of nitrogens with two attached hydrogens (primary N) is 1. The fraction of sp³-hybridized carbons (Fsp3) is 0.294. The van der Waals surface area contributed by atoms with Gasteiger partial charge < -0.3 is 10.6 Å². The molecule has 0 saturated carbocycles. The van der Waals surface area contributed by atoms with E-state index in [0.29, 0.717) is 13.0 Å². The van der Waals surface area contributed by atoms with Crippen LogP contribution in [0.25, 0.3) is 0 Å². The molecule has 2 N–H and O–H groups in total. The Kier molecular flexibility index (Phi) is 4.91. The van der Waals surface area contributed by atoms with Crippen LogP contribution < -0.4 is 10.6 Å². The van der Waals surface area contributed by atoms with Crippen molar-refractivity contribution in [1.29, 1.82) is 0 Å². The van der Waals surface area contributed by atoms with Gasteiger partial charge in [-0.15, -0.1) is 0 Å². The highest BCUT2D eigenvalue weighted by atomic mass is 19.1. The van der Waals surface area contributed by atoms with Crippen molar-refractivity contribution in [3.63, 3.8) is 0 Å². The summed E-state index contributed by atoms with van der Waals surface area (Å²) in [6, 6.07) is 11.1. The van der Waals surface area contributed by atoms with E-state index in [1.165, 1.54) is 24.3 Å². The largest absolute Gasteiger partial charge is 0.370 e. The zero-order valence-corrected chi connectivity index (χ0v) is 12.3.